The molecule has 0 aromatic carbocycles. The molecule has 0 spiro atoms. The van der Waals surface area contributed by atoms with Crippen LogP contribution in [0, 0.1) is 0 Å². The van der Waals surface area contributed by atoms with Crippen molar-refractivity contribution in [3.05, 3.63) is 34.9 Å². The Labute approximate surface area is 75.4 Å². The Hall–Kier alpha value is -1.58. The number of hydrogen-bond acceptors (Lipinski definition) is 2. The van der Waals surface area contributed by atoms with Crippen LogP contribution in [0.4, 0.5) is 0 Å². The van der Waals surface area contributed by atoms with E-state index in [0.29, 0.717) is 0 Å². The number of rotatable bonds is 1. The highest BCUT2D eigenvalue weighted by Crippen LogP contribution is 2.06. The second-order valence-electron chi connectivity index (χ2n) is 3.25. The summed E-state index contributed by atoms with van der Waals surface area (Å²) in [5.74, 6) is 0. The molecule has 0 aliphatic rings. The maximum absolute atomic E-state index is 11.5. The minimum Gasteiger partial charge on any atom is -0.291 e. The first-order valence-corrected chi connectivity index (χ1v) is 4.25. The summed E-state index contributed by atoms with van der Waals surface area (Å²) in [7, 11) is 0. The molecule has 0 aliphatic heterocycles. The van der Waals surface area contributed by atoms with Crippen LogP contribution in [0.1, 0.15) is 19.9 Å². The molecule has 0 unspecified atom stereocenters. The first-order chi connectivity index (χ1) is 6.20. The maximum Gasteiger partial charge on any atom is 0.253 e. The molecule has 0 radical (unpaired) electrons. The fourth-order valence-corrected chi connectivity index (χ4v) is 1.46. The Morgan fingerprint density at radius 3 is 2.85 bits per heavy atom. The lowest BCUT2D eigenvalue weighted by Gasteiger charge is -2.10. The minimum absolute atomic E-state index is 0.0167. The van der Waals surface area contributed by atoms with Crippen LogP contribution < -0.4 is 5.56 Å². The Morgan fingerprint density at radius 1 is 1.38 bits per heavy atom. The van der Waals surface area contributed by atoms with Gasteiger partial charge < -0.3 is 0 Å². The summed E-state index contributed by atoms with van der Waals surface area (Å²) in [6.07, 6.45) is 3.37. The lowest BCUT2D eigenvalue weighted by Crippen LogP contribution is -2.22. The third-order valence-corrected chi connectivity index (χ3v) is 2.01. The van der Waals surface area contributed by atoms with Crippen molar-refractivity contribution in [1.82, 2.24) is 14.2 Å². The summed E-state index contributed by atoms with van der Waals surface area (Å²) in [5.41, 5.74) is 0.852. The van der Waals surface area contributed by atoms with Crippen LogP contribution in [-0.2, 0) is 0 Å². The quantitative estimate of drug-likeness (QED) is 0.653. The van der Waals surface area contributed by atoms with Gasteiger partial charge in [0.2, 0.25) is 0 Å². The standard InChI is InChI=1S/C9H11N3O/c1-7(2)12-8-3-5-10-11(8)6-4-9(12)13/h3-7H,1-2H3. The third kappa shape index (κ3) is 1.14. The maximum atomic E-state index is 11.5. The first kappa shape index (κ1) is 8.04. The highest BCUT2D eigenvalue weighted by molar-refractivity contribution is 5.37. The average Bonchev–Trinajstić information content (AvgIpc) is 2.50. The molecule has 2 aromatic rings. The zero-order valence-corrected chi connectivity index (χ0v) is 7.64. The van der Waals surface area contributed by atoms with E-state index in [1.165, 1.54) is 6.07 Å². The van der Waals surface area contributed by atoms with Crippen LogP contribution >= 0.6 is 0 Å². The lowest BCUT2D eigenvalue weighted by atomic mass is 10.3. The van der Waals surface area contributed by atoms with Gasteiger partial charge in [-0.25, -0.2) is 4.52 Å². The first-order valence-electron chi connectivity index (χ1n) is 4.25. The Bertz CT molecular complexity index is 481. The van der Waals surface area contributed by atoms with Gasteiger partial charge in [0.05, 0.1) is 6.20 Å². The number of hydrogen-bond donors (Lipinski definition) is 0. The van der Waals surface area contributed by atoms with Gasteiger partial charge in [-0.05, 0) is 13.8 Å². The van der Waals surface area contributed by atoms with E-state index in [1.807, 2.05) is 19.9 Å². The zero-order chi connectivity index (χ0) is 9.42. The molecule has 2 aromatic heterocycles. The minimum atomic E-state index is 0.0167. The molecular weight excluding hydrogens is 166 g/mol. The van der Waals surface area contributed by atoms with Crippen LogP contribution in [0.3, 0.4) is 0 Å². The molecule has 0 saturated carbocycles. The smallest absolute Gasteiger partial charge is 0.253 e. The van der Waals surface area contributed by atoms with Crippen molar-refractivity contribution in [2.24, 2.45) is 0 Å². The van der Waals surface area contributed by atoms with Crippen LogP contribution in [0.2, 0.25) is 0 Å². The Balaban J connectivity index is 2.89. The molecule has 0 bridgehead atoms. The summed E-state index contributed by atoms with van der Waals surface area (Å²) in [6.45, 7) is 3.96. The van der Waals surface area contributed by atoms with E-state index < -0.39 is 0 Å². The van der Waals surface area contributed by atoms with Crippen LogP contribution in [0.15, 0.2) is 29.3 Å². The van der Waals surface area contributed by atoms with E-state index >= 15 is 0 Å². The van der Waals surface area contributed by atoms with E-state index in [0.717, 1.165) is 5.65 Å². The molecule has 0 N–H and O–H groups in total. The topological polar surface area (TPSA) is 39.3 Å². The fraction of sp³-hybridized carbons (Fsp3) is 0.333. The Kier molecular flexibility index (Phi) is 1.69. The Morgan fingerprint density at radius 2 is 2.15 bits per heavy atom. The van der Waals surface area contributed by atoms with Crippen molar-refractivity contribution in [3.63, 3.8) is 0 Å². The van der Waals surface area contributed by atoms with E-state index in [1.54, 1.807) is 21.5 Å². The summed E-state index contributed by atoms with van der Waals surface area (Å²) in [4.78, 5) is 11.5. The lowest BCUT2D eigenvalue weighted by molar-refractivity contribution is 0.585. The summed E-state index contributed by atoms with van der Waals surface area (Å²) in [5, 5.41) is 4.06. The molecule has 2 rings (SSSR count). The van der Waals surface area contributed by atoms with Crippen LogP contribution in [0.25, 0.3) is 5.65 Å². The predicted octanol–water partition coefficient (Wildman–Crippen LogP) is 1.08. The second kappa shape index (κ2) is 2.73. The van der Waals surface area contributed by atoms with Gasteiger partial charge in [0.15, 0.2) is 0 Å². The third-order valence-electron chi connectivity index (χ3n) is 2.01. The molecular formula is C9H11N3O. The molecule has 68 valence electrons. The van der Waals surface area contributed by atoms with Gasteiger partial charge in [0.25, 0.3) is 5.56 Å². The van der Waals surface area contributed by atoms with Crippen molar-refractivity contribution >= 4 is 5.65 Å². The van der Waals surface area contributed by atoms with E-state index in [9.17, 15) is 4.79 Å². The summed E-state index contributed by atoms with van der Waals surface area (Å²) >= 11 is 0. The zero-order valence-electron chi connectivity index (χ0n) is 7.64. The number of fused-ring (bicyclic) bond motifs is 1. The summed E-state index contributed by atoms with van der Waals surface area (Å²) < 4.78 is 3.41. The largest absolute Gasteiger partial charge is 0.291 e. The molecule has 0 saturated heterocycles. The monoisotopic (exact) mass is 177 g/mol. The predicted molar refractivity (Wildman–Crippen MR) is 49.8 cm³/mol. The van der Waals surface area contributed by atoms with Crippen molar-refractivity contribution < 1.29 is 0 Å². The van der Waals surface area contributed by atoms with Gasteiger partial charge in [0.1, 0.15) is 5.65 Å². The van der Waals surface area contributed by atoms with Gasteiger partial charge in [0, 0.05) is 24.4 Å². The van der Waals surface area contributed by atoms with Crippen LogP contribution in [0.5, 0.6) is 0 Å². The van der Waals surface area contributed by atoms with Gasteiger partial charge >= 0.3 is 0 Å². The molecule has 13 heavy (non-hydrogen) atoms. The normalized spacial score (nSPS) is 11.3. The SMILES string of the molecule is CC(C)n1c(=O)ccn2nccc12. The van der Waals surface area contributed by atoms with Crippen molar-refractivity contribution in [3.8, 4) is 0 Å². The molecule has 0 amide bonds. The molecule has 0 fully saturated rings. The molecule has 2 heterocycles. The molecule has 4 nitrogen and oxygen atoms in total. The molecule has 0 atom stereocenters. The van der Waals surface area contributed by atoms with Crippen LogP contribution in [-0.4, -0.2) is 14.2 Å². The average molecular weight is 177 g/mol. The molecule has 0 aliphatic carbocycles. The highest BCUT2D eigenvalue weighted by atomic mass is 16.1. The second-order valence-corrected chi connectivity index (χ2v) is 3.25. The van der Waals surface area contributed by atoms with Crippen molar-refractivity contribution in [2.75, 3.05) is 0 Å². The van der Waals surface area contributed by atoms with E-state index in [2.05, 4.69) is 5.10 Å². The number of nitrogens with zero attached hydrogens (tertiary/aromatic N) is 3. The van der Waals surface area contributed by atoms with Gasteiger partial charge in [-0.3, -0.25) is 9.36 Å². The molecule has 4 heteroatoms. The van der Waals surface area contributed by atoms with E-state index in [4.69, 9.17) is 0 Å². The summed E-state index contributed by atoms with van der Waals surface area (Å²) in [6, 6.07) is 3.52. The van der Waals surface area contributed by atoms with Crippen molar-refractivity contribution in [2.45, 2.75) is 19.9 Å². The van der Waals surface area contributed by atoms with Crippen molar-refractivity contribution in [1.29, 1.82) is 0 Å². The van der Waals surface area contributed by atoms with Gasteiger partial charge in [-0.1, -0.05) is 0 Å². The highest BCUT2D eigenvalue weighted by Gasteiger charge is 2.05. The van der Waals surface area contributed by atoms with E-state index in [-0.39, 0.29) is 11.6 Å². The fourth-order valence-electron chi connectivity index (χ4n) is 1.46. The number of aromatic nitrogens is 3. The van der Waals surface area contributed by atoms with Gasteiger partial charge in [-0.2, -0.15) is 5.10 Å². The van der Waals surface area contributed by atoms with Gasteiger partial charge in [-0.15, -0.1) is 0 Å².